The molecule has 0 saturated heterocycles. The molecule has 2 saturated carbocycles. The van der Waals surface area contributed by atoms with Gasteiger partial charge in [-0.05, 0) is 36.8 Å². The molecule has 0 unspecified atom stereocenters. The van der Waals surface area contributed by atoms with Gasteiger partial charge in [0.1, 0.15) is 17.3 Å². The Kier molecular flexibility index (Phi) is 6.52. The van der Waals surface area contributed by atoms with E-state index in [1.54, 1.807) is 19.9 Å². The highest BCUT2D eigenvalue weighted by atomic mass is 16.6. The van der Waals surface area contributed by atoms with Crippen LogP contribution in [0.25, 0.3) is 0 Å². The van der Waals surface area contributed by atoms with Crippen LogP contribution in [-0.2, 0) is 31.9 Å². The predicted molar refractivity (Wildman–Crippen MR) is 141 cm³/mol. The van der Waals surface area contributed by atoms with Gasteiger partial charge in [-0.2, -0.15) is 0 Å². The van der Waals surface area contributed by atoms with Crippen LogP contribution in [0.5, 0.6) is 0 Å². The van der Waals surface area contributed by atoms with Crippen molar-refractivity contribution in [2.45, 2.75) is 91.1 Å². The number of ketones is 1. The van der Waals surface area contributed by atoms with Crippen LogP contribution in [0, 0.1) is 28.6 Å². The molecule has 1 aromatic heterocycles. The number of aliphatic hydroxyl groups excluding tert-OH is 2. The number of esters is 2. The second-order valence-electron chi connectivity index (χ2n) is 12.5. The summed E-state index contributed by atoms with van der Waals surface area (Å²) < 4.78 is 17.3. The maximum Gasteiger partial charge on any atom is 0.344 e. The van der Waals surface area contributed by atoms with Crippen LogP contribution in [0.2, 0.25) is 0 Å². The molecule has 1 heterocycles. The van der Waals surface area contributed by atoms with Gasteiger partial charge in [-0.3, -0.25) is 9.59 Å². The van der Waals surface area contributed by atoms with Crippen LogP contribution >= 0.6 is 0 Å². The zero-order valence-electron chi connectivity index (χ0n) is 24.1. The fourth-order valence-corrected chi connectivity index (χ4v) is 8.39. The number of carbonyl (C=O) groups is 3. The highest BCUT2D eigenvalue weighted by Crippen LogP contribution is 2.75. The highest BCUT2D eigenvalue weighted by Gasteiger charge is 2.83. The van der Waals surface area contributed by atoms with Crippen LogP contribution in [0.1, 0.15) is 76.7 Å². The van der Waals surface area contributed by atoms with E-state index in [9.17, 15) is 29.7 Å². The van der Waals surface area contributed by atoms with Crippen LogP contribution in [0.15, 0.2) is 27.8 Å². The number of Topliss-reactive ketones (excluding diaryl/α,β-unsaturated/α-hetero) is 1. The first-order valence-corrected chi connectivity index (χ1v) is 14.0. The normalized spacial score (nSPS) is 39.2. The number of allylic oxidation sites excluding steroid dienone is 1. The molecule has 3 N–H and O–H groups in total. The van der Waals surface area contributed by atoms with Gasteiger partial charge < -0.3 is 29.3 Å². The molecular weight excluding hydrogens is 518 g/mol. The molecule has 10 heteroatoms. The Bertz CT molecular complexity index is 1320. The van der Waals surface area contributed by atoms with Gasteiger partial charge in [0.05, 0.1) is 17.7 Å². The fraction of sp³-hybridized carbons (Fsp3) is 0.667. The van der Waals surface area contributed by atoms with Gasteiger partial charge in [0.25, 0.3) is 0 Å². The van der Waals surface area contributed by atoms with Gasteiger partial charge >= 0.3 is 11.9 Å². The first-order chi connectivity index (χ1) is 18.7. The van der Waals surface area contributed by atoms with Crippen molar-refractivity contribution in [2.24, 2.45) is 28.6 Å². The maximum absolute atomic E-state index is 14.7. The van der Waals surface area contributed by atoms with E-state index in [1.165, 1.54) is 13.0 Å². The number of hydrogen-bond donors (Lipinski definition) is 3. The molecule has 5 rings (SSSR count). The van der Waals surface area contributed by atoms with Gasteiger partial charge in [-0.25, -0.2) is 4.79 Å². The van der Waals surface area contributed by atoms with Crippen LogP contribution in [0.3, 0.4) is 0 Å². The molecule has 0 aliphatic heterocycles. The standard InChI is InChI=1S/C30H39NO9/c1-8-19-21(20(9-2)40-31-19)26(36)38-25-14(3)11-28-15(4)12-29(39-16(5)33)22(27(29,6)7)18(24(28)35)10-17(13-32)23(34)30(25,28)37/h10-11,15,18,22-23,25,32,34,37H,8-9,12-13H2,1-7H3/t15-,18+,22-,23-,25+,28+,29+,30+/m1/s1. The topological polar surface area (TPSA) is 156 Å². The number of aliphatic hydroxyl groups is 3. The van der Waals surface area contributed by atoms with Crippen molar-refractivity contribution in [3.8, 4) is 0 Å². The molecule has 10 nitrogen and oxygen atoms in total. The monoisotopic (exact) mass is 557 g/mol. The van der Waals surface area contributed by atoms with Crippen molar-refractivity contribution in [2.75, 3.05) is 6.61 Å². The van der Waals surface area contributed by atoms with E-state index in [0.29, 0.717) is 29.9 Å². The molecule has 0 radical (unpaired) electrons. The summed E-state index contributed by atoms with van der Waals surface area (Å²) in [6.45, 7) is 11.7. The van der Waals surface area contributed by atoms with Crippen molar-refractivity contribution >= 4 is 17.7 Å². The smallest absolute Gasteiger partial charge is 0.344 e. The summed E-state index contributed by atoms with van der Waals surface area (Å²) in [5.74, 6) is -3.20. The third-order valence-corrected chi connectivity index (χ3v) is 10.3. The Morgan fingerprint density at radius 2 is 1.90 bits per heavy atom. The Balaban J connectivity index is 1.67. The summed E-state index contributed by atoms with van der Waals surface area (Å²) in [4.78, 5) is 40.5. The fourth-order valence-electron chi connectivity index (χ4n) is 8.39. The number of rotatable bonds is 6. The van der Waals surface area contributed by atoms with E-state index in [2.05, 4.69) is 5.16 Å². The molecule has 8 atom stereocenters. The first-order valence-electron chi connectivity index (χ1n) is 14.0. The molecule has 4 aliphatic rings. The Hall–Kier alpha value is -2.82. The van der Waals surface area contributed by atoms with Crippen molar-refractivity contribution < 1.29 is 43.7 Å². The SMILES string of the molecule is CCc1noc(CC)c1C(=O)O[C@H]1C(C)=C[C@]23C(=O)[C@@H](C=C(CO)[C@@H](O)[C@]12O)[C@@H]1C(C)(C)[C@]1(OC(C)=O)C[C@H]3C. The third-order valence-electron chi connectivity index (χ3n) is 10.3. The molecule has 2 fully saturated rings. The summed E-state index contributed by atoms with van der Waals surface area (Å²) in [5.41, 5.74) is -4.54. The van der Waals surface area contributed by atoms with Gasteiger partial charge in [0, 0.05) is 30.6 Å². The third kappa shape index (κ3) is 3.32. The Morgan fingerprint density at radius 1 is 1.23 bits per heavy atom. The second-order valence-corrected chi connectivity index (χ2v) is 12.5. The van der Waals surface area contributed by atoms with E-state index >= 15 is 0 Å². The van der Waals surface area contributed by atoms with Crippen molar-refractivity contribution in [3.05, 3.63) is 40.3 Å². The average molecular weight is 558 g/mol. The lowest BCUT2D eigenvalue weighted by atomic mass is 9.59. The second kappa shape index (κ2) is 9.09. The maximum atomic E-state index is 14.7. The summed E-state index contributed by atoms with van der Waals surface area (Å²) in [5, 5.41) is 38.7. The van der Waals surface area contributed by atoms with Crippen LogP contribution in [0.4, 0.5) is 0 Å². The first kappa shape index (κ1) is 28.7. The number of carbonyl (C=O) groups excluding carboxylic acids is 3. The Labute approximate surface area is 233 Å². The molecule has 2 bridgehead atoms. The number of aromatic nitrogens is 1. The lowest BCUT2D eigenvalue weighted by Crippen LogP contribution is -2.66. The van der Waals surface area contributed by atoms with E-state index < -0.39 is 70.5 Å². The molecule has 40 heavy (non-hydrogen) atoms. The highest BCUT2D eigenvalue weighted by molar-refractivity contribution is 5.96. The largest absolute Gasteiger partial charge is 0.458 e. The van der Waals surface area contributed by atoms with E-state index in [-0.39, 0.29) is 23.3 Å². The zero-order chi connectivity index (χ0) is 29.6. The minimum absolute atomic E-state index is 0.0499. The number of fused-ring (bicyclic) bond motifs is 3. The van der Waals surface area contributed by atoms with Gasteiger partial charge in [0.2, 0.25) is 0 Å². The van der Waals surface area contributed by atoms with Gasteiger partial charge in [0.15, 0.2) is 23.2 Å². The zero-order valence-corrected chi connectivity index (χ0v) is 24.1. The summed E-state index contributed by atoms with van der Waals surface area (Å²) >= 11 is 0. The minimum Gasteiger partial charge on any atom is -0.458 e. The van der Waals surface area contributed by atoms with Crippen LogP contribution < -0.4 is 0 Å². The molecule has 1 spiro atoms. The molecule has 4 aliphatic carbocycles. The van der Waals surface area contributed by atoms with E-state index in [1.807, 2.05) is 27.7 Å². The lowest BCUT2D eigenvalue weighted by Gasteiger charge is -2.49. The number of ether oxygens (including phenoxy) is 2. The summed E-state index contributed by atoms with van der Waals surface area (Å²) in [7, 11) is 0. The molecular formula is C30H39NO9. The Morgan fingerprint density at radius 3 is 2.48 bits per heavy atom. The predicted octanol–water partition coefficient (Wildman–Crippen LogP) is 2.48. The molecule has 0 aromatic carbocycles. The average Bonchev–Trinajstić information content (AvgIpc) is 3.15. The molecule has 0 amide bonds. The number of hydrogen-bond acceptors (Lipinski definition) is 10. The van der Waals surface area contributed by atoms with Gasteiger partial charge in [-0.1, -0.05) is 51.9 Å². The quantitative estimate of drug-likeness (QED) is 0.351. The number of aryl methyl sites for hydroxylation is 2. The molecule has 218 valence electrons. The summed E-state index contributed by atoms with van der Waals surface area (Å²) in [6, 6.07) is 0. The number of nitrogens with zero attached hydrogens (tertiary/aromatic N) is 1. The van der Waals surface area contributed by atoms with Crippen molar-refractivity contribution in [3.63, 3.8) is 0 Å². The van der Waals surface area contributed by atoms with Gasteiger partial charge in [-0.15, -0.1) is 0 Å². The van der Waals surface area contributed by atoms with Crippen LogP contribution in [-0.4, -0.2) is 68.2 Å². The van der Waals surface area contributed by atoms with E-state index in [0.717, 1.165) is 0 Å². The van der Waals surface area contributed by atoms with Crippen molar-refractivity contribution in [1.82, 2.24) is 5.16 Å². The molecule has 1 aromatic rings. The van der Waals surface area contributed by atoms with Crippen molar-refractivity contribution in [1.29, 1.82) is 0 Å². The minimum atomic E-state index is -2.33. The summed E-state index contributed by atoms with van der Waals surface area (Å²) in [6.07, 6.45) is 1.06. The lowest BCUT2D eigenvalue weighted by molar-refractivity contribution is -0.192. The van der Waals surface area contributed by atoms with E-state index in [4.69, 9.17) is 14.0 Å².